The Morgan fingerprint density at radius 3 is 2.38 bits per heavy atom. The molecule has 1 aliphatic heterocycles. The lowest BCUT2D eigenvalue weighted by Crippen LogP contribution is -2.36. The molecular weight excluding hydrogens is 448 g/mol. The first-order valence-electron chi connectivity index (χ1n) is 11.4. The van der Waals surface area contributed by atoms with Gasteiger partial charge in [-0.25, -0.2) is 8.42 Å². The Morgan fingerprint density at radius 2 is 1.71 bits per heavy atom. The second-order valence-electron chi connectivity index (χ2n) is 8.95. The molecule has 0 atom stereocenters. The lowest BCUT2D eigenvalue weighted by Gasteiger charge is -2.28. The second kappa shape index (κ2) is 9.99. The van der Waals surface area contributed by atoms with Crippen molar-refractivity contribution in [1.29, 1.82) is 0 Å². The number of benzene rings is 3. The lowest BCUT2D eigenvalue weighted by atomic mass is 10.0. The summed E-state index contributed by atoms with van der Waals surface area (Å²) in [5.41, 5.74) is 4.83. The monoisotopic (exact) mass is 478 g/mol. The van der Waals surface area contributed by atoms with Gasteiger partial charge in [-0.15, -0.1) is 0 Å². The van der Waals surface area contributed by atoms with Gasteiger partial charge in [0.2, 0.25) is 10.0 Å². The summed E-state index contributed by atoms with van der Waals surface area (Å²) in [6.07, 6.45) is 0.629. The van der Waals surface area contributed by atoms with E-state index >= 15 is 0 Å². The molecule has 0 bridgehead atoms. The number of anilines is 1. The third-order valence-electron chi connectivity index (χ3n) is 6.04. The van der Waals surface area contributed by atoms with Crippen LogP contribution in [0.2, 0.25) is 0 Å². The topological polar surface area (TPSA) is 75.7 Å². The number of carbonyl (C=O) groups is 1. The number of hydrogen-bond donors (Lipinski definition) is 1. The largest absolute Gasteiger partial charge is 0.484 e. The molecule has 7 heteroatoms. The summed E-state index contributed by atoms with van der Waals surface area (Å²) in [7, 11) is -3.58. The van der Waals surface area contributed by atoms with Gasteiger partial charge in [0, 0.05) is 18.8 Å². The third-order valence-corrected chi connectivity index (χ3v) is 7.90. The van der Waals surface area contributed by atoms with Crippen LogP contribution in [-0.4, -0.2) is 31.8 Å². The number of hydrogen-bond acceptors (Lipinski definition) is 4. The molecule has 3 aromatic rings. The summed E-state index contributed by atoms with van der Waals surface area (Å²) >= 11 is 0. The van der Waals surface area contributed by atoms with Crippen LogP contribution in [0.15, 0.2) is 71.6 Å². The quantitative estimate of drug-likeness (QED) is 0.525. The van der Waals surface area contributed by atoms with Gasteiger partial charge in [-0.1, -0.05) is 49.7 Å². The highest BCUT2D eigenvalue weighted by Crippen LogP contribution is 2.27. The van der Waals surface area contributed by atoms with E-state index < -0.39 is 10.0 Å². The van der Waals surface area contributed by atoms with Crippen LogP contribution in [0.5, 0.6) is 5.75 Å². The van der Waals surface area contributed by atoms with Crippen molar-refractivity contribution in [2.75, 3.05) is 18.5 Å². The van der Waals surface area contributed by atoms with E-state index in [1.54, 1.807) is 24.3 Å². The Morgan fingerprint density at radius 1 is 1.00 bits per heavy atom. The van der Waals surface area contributed by atoms with E-state index in [2.05, 4.69) is 19.2 Å². The van der Waals surface area contributed by atoms with E-state index in [0.29, 0.717) is 35.2 Å². The highest BCUT2D eigenvalue weighted by atomic mass is 32.2. The van der Waals surface area contributed by atoms with Crippen LogP contribution in [0.25, 0.3) is 0 Å². The van der Waals surface area contributed by atoms with Crippen molar-refractivity contribution in [1.82, 2.24) is 4.31 Å². The van der Waals surface area contributed by atoms with Gasteiger partial charge >= 0.3 is 0 Å². The summed E-state index contributed by atoms with van der Waals surface area (Å²) in [5, 5.41) is 2.85. The van der Waals surface area contributed by atoms with Crippen LogP contribution in [-0.2, 0) is 27.8 Å². The van der Waals surface area contributed by atoms with Gasteiger partial charge in [-0.05, 0) is 72.4 Å². The Bertz CT molecular complexity index is 1270. The van der Waals surface area contributed by atoms with Gasteiger partial charge in [-0.2, -0.15) is 4.31 Å². The van der Waals surface area contributed by atoms with E-state index in [9.17, 15) is 13.2 Å². The van der Waals surface area contributed by atoms with Gasteiger partial charge < -0.3 is 10.1 Å². The summed E-state index contributed by atoms with van der Waals surface area (Å²) < 4.78 is 33.3. The number of fused-ring (bicyclic) bond motifs is 1. The molecule has 178 valence electrons. The molecule has 6 nitrogen and oxygen atoms in total. The van der Waals surface area contributed by atoms with Crippen molar-refractivity contribution in [3.8, 4) is 5.75 Å². The fourth-order valence-corrected chi connectivity index (χ4v) is 5.39. The zero-order valence-corrected chi connectivity index (χ0v) is 20.6. The molecule has 1 amide bonds. The van der Waals surface area contributed by atoms with E-state index in [1.165, 1.54) is 9.87 Å². The minimum absolute atomic E-state index is 0.105. The number of sulfonamides is 1. The summed E-state index contributed by atoms with van der Waals surface area (Å²) in [6, 6.07) is 20.3. The van der Waals surface area contributed by atoms with E-state index in [0.717, 1.165) is 16.7 Å². The van der Waals surface area contributed by atoms with Gasteiger partial charge in [0.15, 0.2) is 6.61 Å². The Kier molecular flexibility index (Phi) is 7.05. The molecule has 4 rings (SSSR count). The third kappa shape index (κ3) is 5.48. The van der Waals surface area contributed by atoms with Crippen molar-refractivity contribution >= 4 is 21.6 Å². The lowest BCUT2D eigenvalue weighted by molar-refractivity contribution is -0.118. The molecule has 0 aromatic heterocycles. The van der Waals surface area contributed by atoms with Gasteiger partial charge in [0.25, 0.3) is 5.91 Å². The SMILES string of the molecule is Cc1ccc(S(=O)(=O)N2CCc3ccc(NC(=O)COc4ccc(C(C)C)cc4)cc3C2)cc1. The Labute approximate surface area is 201 Å². The zero-order valence-electron chi connectivity index (χ0n) is 19.7. The maximum absolute atomic E-state index is 13.1. The normalized spacial score (nSPS) is 14.0. The maximum atomic E-state index is 13.1. The number of nitrogens with one attached hydrogen (secondary N) is 1. The van der Waals surface area contributed by atoms with Gasteiger partial charge in [-0.3, -0.25) is 4.79 Å². The standard InChI is InChI=1S/C27H30N2O4S/c1-19(2)21-7-10-25(11-8-21)33-18-27(30)28-24-9-6-22-14-15-29(17-23(22)16-24)34(31,32)26-12-4-20(3)5-13-26/h4-13,16,19H,14-15,17-18H2,1-3H3,(H,28,30). The van der Waals surface area contributed by atoms with Crippen LogP contribution in [0.3, 0.4) is 0 Å². The van der Waals surface area contributed by atoms with Crippen molar-refractivity contribution in [2.24, 2.45) is 0 Å². The van der Waals surface area contributed by atoms with Crippen molar-refractivity contribution < 1.29 is 17.9 Å². The number of nitrogens with zero attached hydrogens (tertiary/aromatic N) is 1. The predicted molar refractivity (Wildman–Crippen MR) is 134 cm³/mol. The highest BCUT2D eigenvalue weighted by molar-refractivity contribution is 7.89. The fourth-order valence-electron chi connectivity index (χ4n) is 3.97. The minimum Gasteiger partial charge on any atom is -0.484 e. The number of aryl methyl sites for hydroxylation is 1. The molecule has 3 aromatic carbocycles. The second-order valence-corrected chi connectivity index (χ2v) is 10.9. The summed E-state index contributed by atoms with van der Waals surface area (Å²) in [5.74, 6) is 0.805. The Balaban J connectivity index is 1.39. The molecule has 0 fully saturated rings. The first kappa shape index (κ1) is 24.0. The molecule has 0 unspecified atom stereocenters. The average Bonchev–Trinajstić information content (AvgIpc) is 2.83. The van der Waals surface area contributed by atoms with Crippen LogP contribution >= 0.6 is 0 Å². The predicted octanol–water partition coefficient (Wildman–Crippen LogP) is 4.88. The molecule has 0 saturated carbocycles. The van der Waals surface area contributed by atoms with E-state index in [1.807, 2.05) is 49.4 Å². The molecule has 1 heterocycles. The van der Waals surface area contributed by atoms with Crippen LogP contribution < -0.4 is 10.1 Å². The molecule has 0 aliphatic carbocycles. The number of ether oxygens (including phenoxy) is 1. The van der Waals surface area contributed by atoms with E-state index in [4.69, 9.17) is 4.74 Å². The zero-order chi connectivity index (χ0) is 24.3. The minimum atomic E-state index is -3.58. The van der Waals surface area contributed by atoms with E-state index in [-0.39, 0.29) is 19.1 Å². The van der Waals surface area contributed by atoms with Crippen molar-refractivity contribution in [3.63, 3.8) is 0 Å². The molecule has 1 aliphatic rings. The number of amides is 1. The first-order valence-corrected chi connectivity index (χ1v) is 12.9. The van der Waals surface area contributed by atoms with Crippen molar-refractivity contribution in [3.05, 3.63) is 89.0 Å². The molecule has 0 spiro atoms. The fraction of sp³-hybridized carbons (Fsp3) is 0.296. The highest BCUT2D eigenvalue weighted by Gasteiger charge is 2.28. The van der Waals surface area contributed by atoms with Gasteiger partial charge in [0.05, 0.1) is 4.90 Å². The molecule has 0 saturated heterocycles. The molecule has 1 N–H and O–H groups in total. The average molecular weight is 479 g/mol. The van der Waals surface area contributed by atoms with Crippen LogP contribution in [0.1, 0.15) is 42.0 Å². The molecular formula is C27H30N2O4S. The number of carbonyl (C=O) groups excluding carboxylic acids is 1. The van der Waals surface area contributed by atoms with Gasteiger partial charge in [0.1, 0.15) is 5.75 Å². The van der Waals surface area contributed by atoms with Crippen molar-refractivity contribution in [2.45, 2.75) is 44.6 Å². The molecule has 34 heavy (non-hydrogen) atoms. The number of rotatable bonds is 7. The maximum Gasteiger partial charge on any atom is 0.262 e. The van der Waals surface area contributed by atoms with Crippen LogP contribution in [0.4, 0.5) is 5.69 Å². The Hall–Kier alpha value is -3.16. The van der Waals surface area contributed by atoms with Crippen LogP contribution in [0, 0.1) is 6.92 Å². The molecule has 0 radical (unpaired) electrons. The summed E-state index contributed by atoms with van der Waals surface area (Å²) in [6.45, 7) is 6.77. The summed E-state index contributed by atoms with van der Waals surface area (Å²) in [4.78, 5) is 12.7. The smallest absolute Gasteiger partial charge is 0.262 e. The first-order chi connectivity index (χ1) is 16.2.